The van der Waals surface area contributed by atoms with Gasteiger partial charge in [0.25, 0.3) is 5.91 Å². The van der Waals surface area contributed by atoms with E-state index in [9.17, 15) is 9.90 Å². The first-order valence-corrected chi connectivity index (χ1v) is 5.94. The molecule has 1 aromatic carbocycles. The number of nitrogens with one attached hydrogen (secondary N) is 1. The van der Waals surface area contributed by atoms with E-state index in [-0.39, 0.29) is 11.6 Å². The van der Waals surface area contributed by atoms with Crippen molar-refractivity contribution >= 4 is 49.3 Å². The Kier molecular flexibility index (Phi) is 4.66. The average Bonchev–Trinajstić information content (AvgIpc) is 2.31. The molecule has 0 bridgehead atoms. The maximum absolute atomic E-state index is 11.3. The van der Waals surface area contributed by atoms with Crippen LogP contribution in [0.1, 0.15) is 0 Å². The van der Waals surface area contributed by atoms with Gasteiger partial charge >= 0.3 is 5.84 Å². The molecule has 0 aromatic heterocycles. The monoisotopic (exact) mass is 359 g/mol. The highest BCUT2D eigenvalue weighted by Gasteiger charge is 2.12. The highest BCUT2D eigenvalue weighted by atomic mass is 79.9. The Labute approximate surface area is 115 Å². The van der Waals surface area contributed by atoms with Gasteiger partial charge in [0, 0.05) is 19.2 Å². The quantitative estimate of drug-likeness (QED) is 0.459. The summed E-state index contributed by atoms with van der Waals surface area (Å²) in [4.78, 5) is 18.2. The van der Waals surface area contributed by atoms with Crippen LogP contribution in [-0.2, 0) is 4.79 Å². The first-order chi connectivity index (χ1) is 7.99. The molecule has 17 heavy (non-hydrogen) atoms. The molecule has 0 atom stereocenters. The van der Waals surface area contributed by atoms with Crippen molar-refractivity contribution in [3.8, 4) is 5.75 Å². The molecule has 0 aliphatic heterocycles. The molecule has 0 fully saturated rings. The van der Waals surface area contributed by atoms with Gasteiger partial charge in [0.1, 0.15) is 5.75 Å². The smallest absolute Gasteiger partial charge is 0.335 e. The van der Waals surface area contributed by atoms with Crippen molar-refractivity contribution in [3.63, 3.8) is 0 Å². The lowest BCUT2D eigenvalue weighted by Crippen LogP contribution is -2.25. The van der Waals surface area contributed by atoms with E-state index < -0.39 is 5.91 Å². The van der Waals surface area contributed by atoms with E-state index in [4.69, 9.17) is 6.57 Å². The molecule has 1 aromatic rings. The summed E-state index contributed by atoms with van der Waals surface area (Å²) in [6.45, 7) is 6.85. The van der Waals surface area contributed by atoms with Gasteiger partial charge in [-0.15, -0.1) is 4.99 Å². The molecule has 1 amide bonds. The minimum Gasteiger partial charge on any atom is -0.506 e. The molecule has 0 saturated carbocycles. The van der Waals surface area contributed by atoms with Crippen LogP contribution in [0.15, 0.2) is 26.1 Å². The molecular formula is C10H7Br2N3O2. The van der Waals surface area contributed by atoms with Gasteiger partial charge in [0.15, 0.2) is 5.69 Å². The fourth-order valence-corrected chi connectivity index (χ4v) is 2.14. The van der Waals surface area contributed by atoms with Crippen LogP contribution in [0.2, 0.25) is 0 Å². The van der Waals surface area contributed by atoms with Crippen LogP contribution in [0.3, 0.4) is 0 Å². The number of phenolic OH excluding ortho intramolecular Hbond substituents is 1. The maximum atomic E-state index is 11.3. The zero-order chi connectivity index (χ0) is 13.0. The molecule has 0 aliphatic rings. The summed E-state index contributed by atoms with van der Waals surface area (Å²) in [6.07, 6.45) is 0. The predicted octanol–water partition coefficient (Wildman–Crippen LogP) is 2.61. The van der Waals surface area contributed by atoms with Gasteiger partial charge in [-0.3, -0.25) is 4.79 Å². The topological polar surface area (TPSA) is 66.0 Å². The second kappa shape index (κ2) is 5.80. The van der Waals surface area contributed by atoms with Crippen molar-refractivity contribution in [2.45, 2.75) is 0 Å². The molecule has 0 saturated heterocycles. The Balaban J connectivity index is 3.23. The van der Waals surface area contributed by atoms with Crippen LogP contribution in [0.5, 0.6) is 5.75 Å². The highest BCUT2D eigenvalue weighted by molar-refractivity contribution is 9.11. The number of nitrogens with zero attached hydrogens (tertiary/aromatic N) is 2. The third-order valence-electron chi connectivity index (χ3n) is 1.77. The third kappa shape index (κ3) is 3.28. The number of amides is 1. The fraction of sp³-hybridized carbons (Fsp3) is 0.100. The van der Waals surface area contributed by atoms with Gasteiger partial charge in [-0.2, -0.15) is 0 Å². The van der Waals surface area contributed by atoms with Gasteiger partial charge in [-0.25, -0.2) is 0 Å². The maximum Gasteiger partial charge on any atom is 0.335 e. The minimum absolute atomic E-state index is 0.0354. The van der Waals surface area contributed by atoms with Crippen LogP contribution < -0.4 is 5.32 Å². The lowest BCUT2D eigenvalue weighted by Gasteiger charge is -2.00. The minimum atomic E-state index is -0.555. The standard InChI is InChI=1S/C10H7Br2N3O2/c1-13-9(10(17)14-2)15-5-3-6(11)8(16)7(12)4-5/h3-4,16H,2H3,(H,14,17). The van der Waals surface area contributed by atoms with E-state index in [1.807, 2.05) is 0 Å². The second-order valence-electron chi connectivity index (χ2n) is 2.88. The third-order valence-corrected chi connectivity index (χ3v) is 2.98. The van der Waals surface area contributed by atoms with Crippen molar-refractivity contribution in [2.75, 3.05) is 7.05 Å². The Bertz CT molecular complexity index is 512. The number of rotatable bonds is 1. The average molecular weight is 361 g/mol. The first-order valence-electron chi connectivity index (χ1n) is 4.35. The summed E-state index contributed by atoms with van der Waals surface area (Å²) >= 11 is 6.27. The molecule has 7 heteroatoms. The normalized spacial score (nSPS) is 10.8. The van der Waals surface area contributed by atoms with Crippen LogP contribution in [0, 0.1) is 6.57 Å². The predicted molar refractivity (Wildman–Crippen MR) is 71.3 cm³/mol. The van der Waals surface area contributed by atoms with Gasteiger partial charge < -0.3 is 15.3 Å². The lowest BCUT2D eigenvalue weighted by molar-refractivity contribution is -0.114. The van der Waals surface area contributed by atoms with E-state index in [1.54, 1.807) is 0 Å². The SMILES string of the molecule is [C-]#[N+]C(=Nc1cc(Br)c(O)c(Br)c1)C(=O)NC. The largest absolute Gasteiger partial charge is 0.506 e. The summed E-state index contributed by atoms with van der Waals surface area (Å²) in [5.74, 6) is -0.787. The number of likely N-dealkylation sites (N-methyl/N-ethyl adjacent to an activating group) is 1. The number of carbonyl (C=O) groups excluding carboxylic acids is 1. The van der Waals surface area contributed by atoms with Gasteiger partial charge in [-0.05, 0) is 31.9 Å². The van der Waals surface area contributed by atoms with Crippen molar-refractivity contribution in [3.05, 3.63) is 32.5 Å². The molecule has 0 radical (unpaired) electrons. The zero-order valence-electron chi connectivity index (χ0n) is 8.66. The second-order valence-corrected chi connectivity index (χ2v) is 4.59. The zero-order valence-corrected chi connectivity index (χ0v) is 11.8. The van der Waals surface area contributed by atoms with Crippen molar-refractivity contribution < 1.29 is 9.90 Å². The number of halogens is 2. The number of benzene rings is 1. The van der Waals surface area contributed by atoms with Crippen molar-refractivity contribution in [1.29, 1.82) is 0 Å². The summed E-state index contributed by atoms with van der Waals surface area (Å²) in [5, 5.41) is 11.8. The van der Waals surface area contributed by atoms with E-state index in [2.05, 4.69) is 47.0 Å². The van der Waals surface area contributed by atoms with Crippen LogP contribution in [0.25, 0.3) is 4.85 Å². The van der Waals surface area contributed by atoms with E-state index in [0.29, 0.717) is 14.6 Å². The fourth-order valence-electron chi connectivity index (χ4n) is 0.977. The molecule has 0 unspecified atom stereocenters. The van der Waals surface area contributed by atoms with E-state index in [0.717, 1.165) is 0 Å². The number of carbonyl (C=O) groups is 1. The lowest BCUT2D eigenvalue weighted by atomic mass is 10.3. The summed E-state index contributed by atoms with van der Waals surface area (Å²) < 4.78 is 0.846. The molecule has 0 aliphatic carbocycles. The summed E-state index contributed by atoms with van der Waals surface area (Å²) in [6, 6.07) is 3.02. The number of hydrogen-bond acceptors (Lipinski definition) is 3. The molecule has 1 rings (SSSR count). The number of aromatic hydroxyl groups is 1. The van der Waals surface area contributed by atoms with Crippen LogP contribution in [-0.4, -0.2) is 23.9 Å². The molecule has 0 heterocycles. The van der Waals surface area contributed by atoms with Gasteiger partial charge in [0.2, 0.25) is 0 Å². The number of hydrogen-bond donors (Lipinski definition) is 2. The molecule has 0 spiro atoms. The molecular weight excluding hydrogens is 354 g/mol. The molecule has 2 N–H and O–H groups in total. The summed E-state index contributed by atoms with van der Waals surface area (Å²) in [7, 11) is 1.42. The number of phenols is 1. The Morgan fingerprint density at radius 2 is 2.00 bits per heavy atom. The van der Waals surface area contributed by atoms with Gasteiger partial charge in [0.05, 0.1) is 8.95 Å². The van der Waals surface area contributed by atoms with Crippen LogP contribution >= 0.6 is 31.9 Å². The Hall–Kier alpha value is -1.39. The summed E-state index contributed by atoms with van der Waals surface area (Å²) in [5.41, 5.74) is 0.385. The Morgan fingerprint density at radius 1 is 1.47 bits per heavy atom. The number of aliphatic imine (C=N–C) groups is 1. The Morgan fingerprint density at radius 3 is 2.41 bits per heavy atom. The van der Waals surface area contributed by atoms with E-state index in [1.165, 1.54) is 19.2 Å². The van der Waals surface area contributed by atoms with Gasteiger partial charge in [-0.1, -0.05) is 6.57 Å². The number of amidine groups is 1. The van der Waals surface area contributed by atoms with Crippen molar-refractivity contribution in [2.24, 2.45) is 4.99 Å². The molecule has 5 nitrogen and oxygen atoms in total. The molecule has 88 valence electrons. The first kappa shape index (κ1) is 13.7. The van der Waals surface area contributed by atoms with Crippen LogP contribution in [0.4, 0.5) is 5.69 Å². The van der Waals surface area contributed by atoms with Crippen molar-refractivity contribution in [1.82, 2.24) is 5.32 Å². The highest BCUT2D eigenvalue weighted by Crippen LogP contribution is 2.36. The van der Waals surface area contributed by atoms with E-state index >= 15 is 0 Å².